The van der Waals surface area contributed by atoms with Crippen LogP contribution in [0.5, 0.6) is 11.5 Å². The Morgan fingerprint density at radius 1 is 1.29 bits per heavy atom. The number of anilines is 1. The molecular weight excluding hydrogens is 311 g/mol. The number of carbonyl (C=O) groups is 1. The summed E-state index contributed by atoms with van der Waals surface area (Å²) in [6.45, 7) is 2.05. The Bertz CT molecular complexity index is 764. The smallest absolute Gasteiger partial charge is 0.319 e. The number of methoxy groups -OCH3 is 1. The van der Waals surface area contributed by atoms with Gasteiger partial charge in [-0.15, -0.1) is 0 Å². The summed E-state index contributed by atoms with van der Waals surface area (Å²) < 4.78 is 24.4. The van der Waals surface area contributed by atoms with Crippen molar-refractivity contribution in [3.63, 3.8) is 0 Å². The molecule has 126 valence electrons. The van der Waals surface area contributed by atoms with E-state index in [0.29, 0.717) is 24.3 Å². The van der Waals surface area contributed by atoms with E-state index in [9.17, 15) is 9.18 Å². The molecule has 1 aliphatic heterocycles. The Hall–Kier alpha value is -2.76. The first-order valence-corrected chi connectivity index (χ1v) is 7.68. The lowest BCUT2D eigenvalue weighted by atomic mass is 10.0. The first-order valence-electron chi connectivity index (χ1n) is 7.68. The van der Waals surface area contributed by atoms with E-state index in [4.69, 9.17) is 9.47 Å². The van der Waals surface area contributed by atoms with Crippen LogP contribution in [0, 0.1) is 12.7 Å². The van der Waals surface area contributed by atoms with Crippen molar-refractivity contribution >= 4 is 11.7 Å². The fraction of sp³-hybridized carbons (Fsp3) is 0.278. The minimum Gasteiger partial charge on any atom is -0.497 e. The number of ether oxygens (including phenoxy) is 2. The van der Waals surface area contributed by atoms with Gasteiger partial charge in [-0.1, -0.05) is 6.07 Å². The molecule has 1 aliphatic rings. The predicted molar refractivity (Wildman–Crippen MR) is 89.3 cm³/mol. The molecule has 0 aliphatic carbocycles. The molecule has 1 atom stereocenters. The molecule has 0 spiro atoms. The average molecular weight is 330 g/mol. The van der Waals surface area contributed by atoms with Crippen molar-refractivity contribution in [2.24, 2.45) is 0 Å². The maximum absolute atomic E-state index is 13.5. The van der Waals surface area contributed by atoms with Gasteiger partial charge in [0.1, 0.15) is 23.9 Å². The van der Waals surface area contributed by atoms with E-state index in [1.54, 1.807) is 26.2 Å². The van der Waals surface area contributed by atoms with Gasteiger partial charge in [-0.3, -0.25) is 0 Å². The van der Waals surface area contributed by atoms with Crippen molar-refractivity contribution in [2.45, 2.75) is 19.4 Å². The number of benzene rings is 2. The first-order chi connectivity index (χ1) is 11.5. The fourth-order valence-electron chi connectivity index (χ4n) is 2.61. The van der Waals surface area contributed by atoms with E-state index in [-0.39, 0.29) is 11.9 Å². The topological polar surface area (TPSA) is 59.6 Å². The summed E-state index contributed by atoms with van der Waals surface area (Å²) in [5, 5.41) is 5.47. The minimum atomic E-state index is -0.391. The van der Waals surface area contributed by atoms with Gasteiger partial charge in [0, 0.05) is 5.69 Å². The van der Waals surface area contributed by atoms with Gasteiger partial charge in [0.2, 0.25) is 0 Å². The van der Waals surface area contributed by atoms with Crippen molar-refractivity contribution < 1.29 is 18.7 Å². The normalized spacial score (nSPS) is 15.9. The number of aryl methyl sites for hydroxylation is 1. The molecule has 1 heterocycles. The van der Waals surface area contributed by atoms with Crippen LogP contribution in [-0.4, -0.2) is 25.8 Å². The summed E-state index contributed by atoms with van der Waals surface area (Å²) in [5.41, 5.74) is 1.92. The highest BCUT2D eigenvalue weighted by molar-refractivity contribution is 5.89. The Labute approximate surface area is 139 Å². The summed E-state index contributed by atoms with van der Waals surface area (Å²) in [6, 6.07) is 9.62. The van der Waals surface area contributed by atoms with Crippen LogP contribution in [0.1, 0.15) is 11.1 Å². The van der Waals surface area contributed by atoms with Gasteiger partial charge < -0.3 is 20.1 Å². The van der Waals surface area contributed by atoms with Gasteiger partial charge in [-0.05, 0) is 54.8 Å². The molecule has 2 N–H and O–H groups in total. The van der Waals surface area contributed by atoms with Crippen LogP contribution < -0.4 is 20.1 Å². The highest BCUT2D eigenvalue weighted by Gasteiger charge is 2.22. The summed E-state index contributed by atoms with van der Waals surface area (Å²) >= 11 is 0. The molecule has 0 saturated heterocycles. The molecule has 0 bridgehead atoms. The number of carbonyl (C=O) groups excluding carboxylic acids is 1. The van der Waals surface area contributed by atoms with E-state index in [1.165, 1.54) is 6.07 Å². The first kappa shape index (κ1) is 16.1. The molecule has 0 radical (unpaired) electrons. The van der Waals surface area contributed by atoms with Crippen LogP contribution in [0.3, 0.4) is 0 Å². The lowest BCUT2D eigenvalue weighted by Crippen LogP contribution is -2.44. The molecule has 1 unspecified atom stereocenters. The van der Waals surface area contributed by atoms with Crippen molar-refractivity contribution in [3.05, 3.63) is 53.3 Å². The van der Waals surface area contributed by atoms with Gasteiger partial charge in [0.05, 0.1) is 13.2 Å². The molecule has 3 rings (SSSR count). The number of hydrogen-bond acceptors (Lipinski definition) is 3. The van der Waals surface area contributed by atoms with Crippen LogP contribution in [0.4, 0.5) is 14.9 Å². The summed E-state index contributed by atoms with van der Waals surface area (Å²) in [5.74, 6) is 1.20. The van der Waals surface area contributed by atoms with E-state index < -0.39 is 6.03 Å². The number of rotatable bonds is 3. The van der Waals surface area contributed by atoms with Crippen molar-refractivity contribution in [1.29, 1.82) is 0 Å². The van der Waals surface area contributed by atoms with Gasteiger partial charge in [-0.25, -0.2) is 9.18 Å². The Morgan fingerprint density at radius 2 is 2.12 bits per heavy atom. The Morgan fingerprint density at radius 3 is 2.88 bits per heavy atom. The number of amides is 2. The van der Waals surface area contributed by atoms with E-state index in [0.717, 1.165) is 17.1 Å². The van der Waals surface area contributed by atoms with Crippen molar-refractivity contribution in [1.82, 2.24) is 5.32 Å². The van der Waals surface area contributed by atoms with Crippen LogP contribution in [0.15, 0.2) is 36.4 Å². The molecule has 24 heavy (non-hydrogen) atoms. The highest BCUT2D eigenvalue weighted by Crippen LogP contribution is 2.28. The SMILES string of the molecule is COc1ccc2c(c1)CC(NC(=O)Nc1ccc(C)c(F)c1)CO2. The maximum Gasteiger partial charge on any atom is 0.319 e. The van der Waals surface area contributed by atoms with Gasteiger partial charge in [-0.2, -0.15) is 0 Å². The lowest BCUT2D eigenvalue weighted by molar-refractivity contribution is 0.222. The summed E-state index contributed by atoms with van der Waals surface area (Å²) in [7, 11) is 1.61. The van der Waals surface area contributed by atoms with E-state index >= 15 is 0 Å². The maximum atomic E-state index is 13.5. The summed E-state index contributed by atoms with van der Waals surface area (Å²) in [6.07, 6.45) is 0.641. The second-order valence-electron chi connectivity index (χ2n) is 5.75. The van der Waals surface area contributed by atoms with Gasteiger partial charge >= 0.3 is 6.03 Å². The highest BCUT2D eigenvalue weighted by atomic mass is 19.1. The van der Waals surface area contributed by atoms with Crippen LogP contribution >= 0.6 is 0 Å². The number of fused-ring (bicyclic) bond motifs is 1. The molecule has 2 amide bonds. The van der Waals surface area contributed by atoms with Crippen molar-refractivity contribution in [3.8, 4) is 11.5 Å². The van der Waals surface area contributed by atoms with Gasteiger partial charge in [0.25, 0.3) is 0 Å². The Kier molecular flexibility index (Phi) is 4.55. The fourth-order valence-corrected chi connectivity index (χ4v) is 2.61. The Balaban J connectivity index is 1.61. The van der Waals surface area contributed by atoms with Crippen LogP contribution in [0.25, 0.3) is 0 Å². The second kappa shape index (κ2) is 6.78. The molecule has 0 fully saturated rings. The molecule has 6 heteroatoms. The van der Waals surface area contributed by atoms with Gasteiger partial charge in [0.15, 0.2) is 0 Å². The molecule has 0 saturated carbocycles. The lowest BCUT2D eigenvalue weighted by Gasteiger charge is -2.26. The van der Waals surface area contributed by atoms with Crippen LogP contribution in [0.2, 0.25) is 0 Å². The van der Waals surface area contributed by atoms with E-state index in [1.807, 2.05) is 18.2 Å². The average Bonchev–Trinajstić information content (AvgIpc) is 2.57. The summed E-state index contributed by atoms with van der Waals surface area (Å²) in [4.78, 5) is 12.1. The number of hydrogen-bond donors (Lipinski definition) is 2. The number of halogens is 1. The second-order valence-corrected chi connectivity index (χ2v) is 5.75. The standard InChI is InChI=1S/C18H19FN2O3/c1-11-3-4-13(9-16(11)19)20-18(22)21-14-7-12-8-15(23-2)5-6-17(12)24-10-14/h3-6,8-9,14H,7,10H2,1-2H3,(H2,20,21,22). The molecular formula is C18H19FN2O3. The predicted octanol–water partition coefficient (Wildman–Crippen LogP) is 3.27. The zero-order valence-electron chi connectivity index (χ0n) is 13.6. The van der Waals surface area contributed by atoms with E-state index in [2.05, 4.69) is 10.6 Å². The monoisotopic (exact) mass is 330 g/mol. The van der Waals surface area contributed by atoms with Crippen LogP contribution in [-0.2, 0) is 6.42 Å². The van der Waals surface area contributed by atoms with Crippen molar-refractivity contribution in [2.75, 3.05) is 19.0 Å². The third-order valence-electron chi connectivity index (χ3n) is 3.94. The molecule has 0 aromatic heterocycles. The number of nitrogens with one attached hydrogen (secondary N) is 2. The zero-order chi connectivity index (χ0) is 17.1. The minimum absolute atomic E-state index is 0.167. The molecule has 5 nitrogen and oxygen atoms in total. The number of urea groups is 1. The zero-order valence-corrected chi connectivity index (χ0v) is 13.6. The quantitative estimate of drug-likeness (QED) is 0.908. The third kappa shape index (κ3) is 3.59. The largest absolute Gasteiger partial charge is 0.497 e. The molecule has 2 aromatic rings. The molecule has 2 aromatic carbocycles. The third-order valence-corrected chi connectivity index (χ3v) is 3.94.